The summed E-state index contributed by atoms with van der Waals surface area (Å²) in [4.78, 5) is 50.8. The van der Waals surface area contributed by atoms with Crippen molar-refractivity contribution < 1.29 is 29.4 Å². The highest BCUT2D eigenvalue weighted by atomic mass is 16.4. The van der Waals surface area contributed by atoms with Gasteiger partial charge in [0.05, 0.1) is 12.6 Å². The molecule has 172 valence electrons. The van der Waals surface area contributed by atoms with E-state index in [0.717, 1.165) is 6.42 Å². The second kappa shape index (κ2) is 11.8. The average molecular weight is 429 g/mol. The molecule has 0 bridgehead atoms. The number of carboxylic acids is 1. The monoisotopic (exact) mass is 428 g/mol. The fourth-order valence-corrected chi connectivity index (χ4v) is 3.39. The van der Waals surface area contributed by atoms with Gasteiger partial charge in [0.2, 0.25) is 17.7 Å². The van der Waals surface area contributed by atoms with E-state index < -0.39 is 48.6 Å². The van der Waals surface area contributed by atoms with Crippen molar-refractivity contribution in [3.63, 3.8) is 0 Å². The molecule has 0 radical (unpaired) electrons. The first kappa shape index (κ1) is 25.8. The standard InChI is InChI=1S/C20H36N4O6/c1-5-11(3)15(21)19(28)24-9-7-8-14(24)18(27)22-13(10-25)17(26)23-16(20(29)30)12(4)6-2/h11-16,25H,5-10,21H2,1-4H3,(H,22,27)(H,23,26)(H,29,30). The van der Waals surface area contributed by atoms with Crippen LogP contribution in [0.3, 0.4) is 0 Å². The van der Waals surface area contributed by atoms with E-state index in [1.165, 1.54) is 4.90 Å². The molecule has 1 aliphatic heterocycles. The van der Waals surface area contributed by atoms with E-state index in [0.29, 0.717) is 25.8 Å². The van der Waals surface area contributed by atoms with Crippen LogP contribution in [0.2, 0.25) is 0 Å². The molecule has 6 atom stereocenters. The minimum atomic E-state index is -1.32. The second-order valence-electron chi connectivity index (χ2n) is 8.05. The number of carbonyl (C=O) groups is 4. The van der Waals surface area contributed by atoms with Crippen LogP contribution in [0.1, 0.15) is 53.4 Å². The number of nitrogens with one attached hydrogen (secondary N) is 2. The van der Waals surface area contributed by atoms with Crippen LogP contribution in [0.4, 0.5) is 0 Å². The minimum absolute atomic E-state index is 0.0358. The lowest BCUT2D eigenvalue weighted by atomic mass is 9.98. The Labute approximate surface area is 177 Å². The predicted molar refractivity (Wildman–Crippen MR) is 110 cm³/mol. The normalized spacial score (nSPS) is 21.3. The van der Waals surface area contributed by atoms with Crippen LogP contribution < -0.4 is 16.4 Å². The summed E-state index contributed by atoms with van der Waals surface area (Å²) in [6.07, 6.45) is 2.31. The van der Waals surface area contributed by atoms with Gasteiger partial charge in [-0.15, -0.1) is 0 Å². The van der Waals surface area contributed by atoms with E-state index in [9.17, 15) is 29.4 Å². The maximum Gasteiger partial charge on any atom is 0.326 e. The fraction of sp³-hybridized carbons (Fsp3) is 0.800. The lowest BCUT2D eigenvalue weighted by Crippen LogP contribution is -2.58. The summed E-state index contributed by atoms with van der Waals surface area (Å²) in [5, 5.41) is 23.7. The number of carboxylic acid groups (broad SMARTS) is 1. The maximum atomic E-state index is 12.8. The molecule has 6 N–H and O–H groups in total. The van der Waals surface area contributed by atoms with Gasteiger partial charge in [-0.2, -0.15) is 0 Å². The zero-order chi connectivity index (χ0) is 23.0. The van der Waals surface area contributed by atoms with Crippen molar-refractivity contribution in [3.8, 4) is 0 Å². The van der Waals surface area contributed by atoms with Gasteiger partial charge >= 0.3 is 5.97 Å². The highest BCUT2D eigenvalue weighted by Crippen LogP contribution is 2.20. The van der Waals surface area contributed by atoms with Crippen molar-refractivity contribution in [2.24, 2.45) is 17.6 Å². The maximum absolute atomic E-state index is 12.8. The molecule has 6 unspecified atom stereocenters. The summed E-state index contributed by atoms with van der Waals surface area (Å²) >= 11 is 0. The first-order chi connectivity index (χ1) is 14.1. The summed E-state index contributed by atoms with van der Waals surface area (Å²) in [6.45, 7) is 6.99. The molecule has 0 aromatic heterocycles. The Balaban J connectivity index is 2.83. The molecule has 1 heterocycles. The summed E-state index contributed by atoms with van der Waals surface area (Å²) in [5.41, 5.74) is 6.03. The number of carbonyl (C=O) groups excluding carboxylic acids is 3. The SMILES string of the molecule is CCC(C)C(N)C(=O)N1CCCC1C(=O)NC(CO)C(=O)NC(C(=O)O)C(C)CC. The number of hydrogen-bond acceptors (Lipinski definition) is 6. The molecule has 1 aliphatic rings. The Bertz CT molecular complexity index is 628. The van der Waals surface area contributed by atoms with Crippen molar-refractivity contribution >= 4 is 23.7 Å². The molecular weight excluding hydrogens is 392 g/mol. The molecule has 0 spiro atoms. The molecule has 0 aromatic carbocycles. The third-order valence-corrected chi connectivity index (χ3v) is 5.97. The van der Waals surface area contributed by atoms with Gasteiger partial charge in [0.25, 0.3) is 0 Å². The molecule has 1 fully saturated rings. The van der Waals surface area contributed by atoms with Gasteiger partial charge in [0.1, 0.15) is 18.1 Å². The van der Waals surface area contributed by atoms with E-state index in [1.54, 1.807) is 13.8 Å². The number of aliphatic hydroxyl groups excluding tert-OH is 1. The Morgan fingerprint density at radius 3 is 2.20 bits per heavy atom. The van der Waals surface area contributed by atoms with Gasteiger partial charge in [0.15, 0.2) is 0 Å². The summed E-state index contributed by atoms with van der Waals surface area (Å²) in [5.74, 6) is -3.22. The van der Waals surface area contributed by atoms with Crippen LogP contribution in [0.15, 0.2) is 0 Å². The van der Waals surface area contributed by atoms with Crippen molar-refractivity contribution in [2.45, 2.75) is 77.5 Å². The van der Waals surface area contributed by atoms with Gasteiger partial charge in [-0.3, -0.25) is 14.4 Å². The van der Waals surface area contributed by atoms with Gasteiger partial charge in [-0.25, -0.2) is 4.79 Å². The number of amides is 3. The highest BCUT2D eigenvalue weighted by molar-refractivity contribution is 5.94. The van der Waals surface area contributed by atoms with E-state index in [-0.39, 0.29) is 17.7 Å². The Morgan fingerprint density at radius 1 is 1.10 bits per heavy atom. The fourth-order valence-electron chi connectivity index (χ4n) is 3.39. The topological polar surface area (TPSA) is 162 Å². The Kier molecular flexibility index (Phi) is 10.2. The van der Waals surface area contributed by atoms with E-state index in [2.05, 4.69) is 10.6 Å². The molecule has 0 saturated carbocycles. The van der Waals surface area contributed by atoms with Crippen LogP contribution >= 0.6 is 0 Å². The Morgan fingerprint density at radius 2 is 1.70 bits per heavy atom. The van der Waals surface area contributed by atoms with Crippen LogP contribution in [0, 0.1) is 11.8 Å². The first-order valence-electron chi connectivity index (χ1n) is 10.6. The molecule has 0 aromatic rings. The van der Waals surface area contributed by atoms with E-state index in [1.807, 2.05) is 13.8 Å². The molecular formula is C20H36N4O6. The van der Waals surface area contributed by atoms with Crippen molar-refractivity contribution in [2.75, 3.05) is 13.2 Å². The highest BCUT2D eigenvalue weighted by Gasteiger charge is 2.38. The number of aliphatic carboxylic acids is 1. The van der Waals surface area contributed by atoms with E-state index in [4.69, 9.17) is 5.73 Å². The van der Waals surface area contributed by atoms with Crippen molar-refractivity contribution in [3.05, 3.63) is 0 Å². The quantitative estimate of drug-likeness (QED) is 0.295. The number of likely N-dealkylation sites (tertiary alicyclic amines) is 1. The molecule has 10 heteroatoms. The number of rotatable bonds is 11. The van der Waals surface area contributed by atoms with Crippen LogP contribution in [-0.4, -0.2) is 76.1 Å². The van der Waals surface area contributed by atoms with Crippen LogP contribution in [0.5, 0.6) is 0 Å². The second-order valence-corrected chi connectivity index (χ2v) is 8.05. The van der Waals surface area contributed by atoms with Gasteiger partial charge in [-0.1, -0.05) is 40.5 Å². The molecule has 30 heavy (non-hydrogen) atoms. The summed E-state index contributed by atoms with van der Waals surface area (Å²) in [6, 6.07) is -3.94. The van der Waals surface area contributed by atoms with Crippen molar-refractivity contribution in [1.29, 1.82) is 0 Å². The third-order valence-electron chi connectivity index (χ3n) is 5.97. The zero-order valence-corrected chi connectivity index (χ0v) is 18.3. The zero-order valence-electron chi connectivity index (χ0n) is 18.3. The number of aliphatic hydroxyl groups is 1. The van der Waals surface area contributed by atoms with Crippen LogP contribution in [-0.2, 0) is 19.2 Å². The van der Waals surface area contributed by atoms with Crippen molar-refractivity contribution in [1.82, 2.24) is 15.5 Å². The number of hydrogen-bond donors (Lipinski definition) is 5. The largest absolute Gasteiger partial charge is 0.480 e. The average Bonchev–Trinajstić information content (AvgIpc) is 3.22. The minimum Gasteiger partial charge on any atom is -0.480 e. The third kappa shape index (κ3) is 6.40. The lowest BCUT2D eigenvalue weighted by Gasteiger charge is -2.30. The lowest BCUT2D eigenvalue weighted by molar-refractivity contribution is -0.144. The molecule has 0 aliphatic carbocycles. The number of nitrogens with zero attached hydrogens (tertiary/aromatic N) is 1. The summed E-state index contributed by atoms with van der Waals surface area (Å²) < 4.78 is 0. The molecule has 1 saturated heterocycles. The molecule has 10 nitrogen and oxygen atoms in total. The van der Waals surface area contributed by atoms with Gasteiger partial charge in [0, 0.05) is 6.54 Å². The summed E-state index contributed by atoms with van der Waals surface area (Å²) in [7, 11) is 0. The first-order valence-corrected chi connectivity index (χ1v) is 10.6. The Hall–Kier alpha value is -2.20. The molecule has 3 amide bonds. The van der Waals surface area contributed by atoms with Gasteiger partial charge < -0.3 is 31.5 Å². The van der Waals surface area contributed by atoms with E-state index >= 15 is 0 Å². The molecule has 1 rings (SSSR count). The van der Waals surface area contributed by atoms with Crippen LogP contribution in [0.25, 0.3) is 0 Å². The predicted octanol–water partition coefficient (Wildman–Crippen LogP) is -0.557. The van der Waals surface area contributed by atoms with Gasteiger partial charge in [-0.05, 0) is 24.7 Å². The smallest absolute Gasteiger partial charge is 0.326 e. The number of nitrogens with two attached hydrogens (primary N) is 1.